The van der Waals surface area contributed by atoms with Gasteiger partial charge in [-0.15, -0.1) is 0 Å². The Morgan fingerprint density at radius 1 is 1.20 bits per heavy atom. The highest BCUT2D eigenvalue weighted by Gasteiger charge is 2.13. The minimum absolute atomic E-state index is 0.156. The quantitative estimate of drug-likeness (QED) is 0.754. The van der Waals surface area contributed by atoms with Crippen LogP contribution in [0, 0.1) is 0 Å². The fourth-order valence-corrected chi connectivity index (χ4v) is 1.91. The molecule has 114 valence electrons. The second kappa shape index (κ2) is 8.82. The van der Waals surface area contributed by atoms with Gasteiger partial charge in [-0.3, -0.25) is 0 Å². The zero-order chi connectivity index (χ0) is 15.0. The van der Waals surface area contributed by atoms with E-state index in [1.165, 1.54) is 0 Å². The first-order valence-corrected chi connectivity index (χ1v) is 7.36. The molecule has 0 spiro atoms. The molecule has 4 nitrogen and oxygen atoms in total. The third kappa shape index (κ3) is 5.39. The summed E-state index contributed by atoms with van der Waals surface area (Å²) in [6.45, 7) is 6.23. The van der Waals surface area contributed by atoms with E-state index in [1.54, 1.807) is 0 Å². The van der Waals surface area contributed by atoms with Gasteiger partial charge >= 0.3 is 0 Å². The lowest BCUT2D eigenvalue weighted by Crippen LogP contribution is -2.23. The highest BCUT2D eigenvalue weighted by Crippen LogP contribution is 2.32. The van der Waals surface area contributed by atoms with Gasteiger partial charge in [0, 0.05) is 12.6 Å². The van der Waals surface area contributed by atoms with Gasteiger partial charge in [0.25, 0.3) is 0 Å². The number of nitrogens with two attached hydrogens (primary N) is 1. The van der Waals surface area contributed by atoms with Crippen molar-refractivity contribution in [2.75, 3.05) is 33.9 Å². The molecule has 2 N–H and O–H groups in total. The molecule has 0 radical (unpaired) electrons. The van der Waals surface area contributed by atoms with Crippen LogP contribution in [0.5, 0.6) is 11.5 Å². The van der Waals surface area contributed by atoms with Crippen LogP contribution in [0.3, 0.4) is 0 Å². The predicted molar refractivity (Wildman–Crippen MR) is 83.6 cm³/mol. The zero-order valence-electron chi connectivity index (χ0n) is 13.2. The second-order valence-electron chi connectivity index (χ2n) is 5.20. The van der Waals surface area contributed by atoms with E-state index in [0.717, 1.165) is 36.4 Å². The fourth-order valence-electron chi connectivity index (χ4n) is 1.91. The van der Waals surface area contributed by atoms with Crippen molar-refractivity contribution in [2.24, 2.45) is 5.73 Å². The average Bonchev–Trinajstić information content (AvgIpc) is 2.41. The van der Waals surface area contributed by atoms with Gasteiger partial charge in [-0.05, 0) is 45.5 Å². The lowest BCUT2D eigenvalue weighted by atomic mass is 10.0. The Balaban J connectivity index is 2.87. The van der Waals surface area contributed by atoms with E-state index in [0.29, 0.717) is 13.2 Å². The normalized spacial score (nSPS) is 12.5. The molecular formula is C16H28N2O2. The summed E-state index contributed by atoms with van der Waals surface area (Å²) in [6.07, 6.45) is 1.77. The highest BCUT2D eigenvalue weighted by atomic mass is 16.5. The van der Waals surface area contributed by atoms with Crippen molar-refractivity contribution in [1.29, 1.82) is 0 Å². The van der Waals surface area contributed by atoms with Crippen LogP contribution in [-0.2, 0) is 6.42 Å². The maximum absolute atomic E-state index is 6.07. The van der Waals surface area contributed by atoms with E-state index in [4.69, 9.17) is 15.2 Å². The van der Waals surface area contributed by atoms with Crippen LogP contribution in [0.2, 0.25) is 0 Å². The Kier molecular flexibility index (Phi) is 7.41. The Hall–Kier alpha value is -1.26. The minimum atomic E-state index is 0.156. The van der Waals surface area contributed by atoms with E-state index < -0.39 is 0 Å². The molecule has 4 heteroatoms. The molecule has 0 aliphatic rings. The van der Waals surface area contributed by atoms with Crippen LogP contribution in [0.4, 0.5) is 0 Å². The summed E-state index contributed by atoms with van der Waals surface area (Å²) in [7, 11) is 4.07. The standard InChI is InChI=1S/C16H28N2O2/c1-5-14(17)12-13-8-7-9-15(19-6-2)16(13)20-11-10-18(3)4/h7-9,14H,5-6,10-12,17H2,1-4H3. The topological polar surface area (TPSA) is 47.7 Å². The van der Waals surface area contributed by atoms with Gasteiger partial charge < -0.3 is 20.1 Å². The third-order valence-corrected chi connectivity index (χ3v) is 3.15. The summed E-state index contributed by atoms with van der Waals surface area (Å²) < 4.78 is 11.6. The van der Waals surface area contributed by atoms with Gasteiger partial charge in [-0.1, -0.05) is 19.1 Å². The van der Waals surface area contributed by atoms with Gasteiger partial charge in [0.2, 0.25) is 0 Å². The van der Waals surface area contributed by atoms with Crippen molar-refractivity contribution in [2.45, 2.75) is 32.7 Å². The van der Waals surface area contributed by atoms with Gasteiger partial charge in [0.15, 0.2) is 11.5 Å². The van der Waals surface area contributed by atoms with Crippen molar-refractivity contribution in [3.8, 4) is 11.5 Å². The largest absolute Gasteiger partial charge is 0.490 e. The van der Waals surface area contributed by atoms with Crippen LogP contribution >= 0.6 is 0 Å². The molecule has 0 aliphatic carbocycles. The first-order valence-electron chi connectivity index (χ1n) is 7.36. The fraction of sp³-hybridized carbons (Fsp3) is 0.625. The summed E-state index contributed by atoms with van der Waals surface area (Å²) in [6, 6.07) is 6.18. The number of nitrogens with zero attached hydrogens (tertiary/aromatic N) is 1. The number of benzene rings is 1. The number of hydrogen-bond donors (Lipinski definition) is 1. The van der Waals surface area contributed by atoms with E-state index in [1.807, 2.05) is 33.2 Å². The van der Waals surface area contributed by atoms with Gasteiger partial charge in [-0.2, -0.15) is 0 Å². The number of rotatable bonds is 9. The van der Waals surface area contributed by atoms with Crippen molar-refractivity contribution in [3.63, 3.8) is 0 Å². The van der Waals surface area contributed by atoms with E-state index in [9.17, 15) is 0 Å². The molecule has 0 saturated carbocycles. The molecule has 0 amide bonds. The zero-order valence-corrected chi connectivity index (χ0v) is 13.2. The van der Waals surface area contributed by atoms with Crippen molar-refractivity contribution in [3.05, 3.63) is 23.8 Å². The van der Waals surface area contributed by atoms with Crippen LogP contribution < -0.4 is 15.2 Å². The Morgan fingerprint density at radius 2 is 1.95 bits per heavy atom. The molecule has 20 heavy (non-hydrogen) atoms. The maximum Gasteiger partial charge on any atom is 0.164 e. The predicted octanol–water partition coefficient (Wildman–Crippen LogP) is 2.31. The van der Waals surface area contributed by atoms with Gasteiger partial charge in [-0.25, -0.2) is 0 Å². The number of ether oxygens (including phenoxy) is 2. The molecular weight excluding hydrogens is 252 g/mol. The first kappa shape index (κ1) is 16.8. The Labute approximate surface area is 122 Å². The lowest BCUT2D eigenvalue weighted by molar-refractivity contribution is 0.241. The van der Waals surface area contributed by atoms with E-state index in [-0.39, 0.29) is 6.04 Å². The monoisotopic (exact) mass is 280 g/mol. The van der Waals surface area contributed by atoms with E-state index >= 15 is 0 Å². The van der Waals surface area contributed by atoms with Crippen molar-refractivity contribution in [1.82, 2.24) is 4.90 Å². The Bertz CT molecular complexity index is 394. The summed E-state index contributed by atoms with van der Waals surface area (Å²) >= 11 is 0. The molecule has 1 rings (SSSR count). The number of likely N-dealkylation sites (N-methyl/N-ethyl adjacent to an activating group) is 1. The third-order valence-electron chi connectivity index (χ3n) is 3.15. The molecule has 0 bridgehead atoms. The highest BCUT2D eigenvalue weighted by molar-refractivity contribution is 5.47. The summed E-state index contributed by atoms with van der Waals surface area (Å²) in [5, 5.41) is 0. The minimum Gasteiger partial charge on any atom is -0.490 e. The molecule has 0 aromatic heterocycles. The van der Waals surface area contributed by atoms with E-state index in [2.05, 4.69) is 17.9 Å². The molecule has 1 aromatic rings. The van der Waals surface area contributed by atoms with Crippen molar-refractivity contribution < 1.29 is 9.47 Å². The molecule has 0 aliphatic heterocycles. The van der Waals surface area contributed by atoms with Crippen molar-refractivity contribution >= 4 is 0 Å². The van der Waals surface area contributed by atoms with Gasteiger partial charge in [0.1, 0.15) is 6.61 Å². The summed E-state index contributed by atoms with van der Waals surface area (Å²) in [4.78, 5) is 2.10. The lowest BCUT2D eigenvalue weighted by Gasteiger charge is -2.19. The molecule has 0 saturated heterocycles. The van der Waals surface area contributed by atoms with Gasteiger partial charge in [0.05, 0.1) is 6.61 Å². The molecule has 1 unspecified atom stereocenters. The maximum atomic E-state index is 6.07. The van der Waals surface area contributed by atoms with Crippen LogP contribution in [0.25, 0.3) is 0 Å². The molecule has 1 atom stereocenters. The summed E-state index contributed by atoms with van der Waals surface area (Å²) in [5.74, 6) is 1.66. The van der Waals surface area contributed by atoms with Crippen LogP contribution in [0.15, 0.2) is 18.2 Å². The van der Waals surface area contributed by atoms with Crippen LogP contribution in [-0.4, -0.2) is 44.8 Å². The SMILES string of the molecule is CCOc1cccc(CC(N)CC)c1OCCN(C)C. The number of hydrogen-bond acceptors (Lipinski definition) is 4. The summed E-state index contributed by atoms with van der Waals surface area (Å²) in [5.41, 5.74) is 7.20. The van der Waals surface area contributed by atoms with Crippen LogP contribution in [0.1, 0.15) is 25.8 Å². The second-order valence-corrected chi connectivity index (χ2v) is 5.20. The average molecular weight is 280 g/mol. The Morgan fingerprint density at radius 3 is 2.55 bits per heavy atom. The number of para-hydroxylation sites is 1. The smallest absolute Gasteiger partial charge is 0.164 e. The molecule has 0 heterocycles. The first-order chi connectivity index (χ1) is 9.58. The molecule has 1 aromatic carbocycles. The molecule has 0 fully saturated rings.